The summed E-state index contributed by atoms with van der Waals surface area (Å²) in [6.45, 7) is 2.95. The van der Waals surface area contributed by atoms with Crippen molar-refractivity contribution in [3.05, 3.63) is 34.2 Å². The molecule has 4 heteroatoms. The second kappa shape index (κ2) is 8.40. The highest BCUT2D eigenvalue weighted by Crippen LogP contribution is 2.34. The highest BCUT2D eigenvalue weighted by Gasteiger charge is 2.16. The Morgan fingerprint density at radius 1 is 1.14 bits per heavy atom. The number of hydrogen-bond acceptors (Lipinski definition) is 2. The molecule has 0 radical (unpaired) electrons. The summed E-state index contributed by atoms with van der Waals surface area (Å²) in [6.07, 6.45) is 7.35. The summed E-state index contributed by atoms with van der Waals surface area (Å²) < 4.78 is 1.06. The van der Waals surface area contributed by atoms with Crippen molar-refractivity contribution in [2.45, 2.75) is 45.4 Å². The molecule has 2 aromatic rings. The van der Waals surface area contributed by atoms with Crippen LogP contribution < -0.4 is 5.32 Å². The molecule has 0 spiro atoms. The van der Waals surface area contributed by atoms with Crippen LogP contribution in [0.25, 0.3) is 10.1 Å². The van der Waals surface area contributed by atoms with Crippen LogP contribution in [0.4, 0.5) is 0 Å². The van der Waals surface area contributed by atoms with E-state index >= 15 is 0 Å². The Labute approximate surface area is 135 Å². The van der Waals surface area contributed by atoms with Crippen LogP contribution in [0.1, 0.15) is 55.1 Å². The Bertz CT molecular complexity index is 593. The third kappa shape index (κ3) is 4.45. The fraction of sp³-hybridized carbons (Fsp3) is 0.471. The maximum atomic E-state index is 12.2. The number of thiophene rings is 1. The normalized spacial score (nSPS) is 11.0. The number of hydrogen-bond donors (Lipinski definition) is 1. The molecule has 0 bridgehead atoms. The average molecular weight is 324 g/mol. The molecular formula is C17H22ClNOS. The zero-order chi connectivity index (χ0) is 15.1. The van der Waals surface area contributed by atoms with E-state index in [0.29, 0.717) is 9.90 Å². The fourth-order valence-corrected chi connectivity index (χ4v) is 3.78. The SMILES string of the molecule is CCCCCCCCNC(=O)c1sc2ccccc2c1Cl. The van der Waals surface area contributed by atoms with Crippen LogP contribution in [-0.4, -0.2) is 12.5 Å². The van der Waals surface area contributed by atoms with Crippen molar-refractivity contribution in [3.8, 4) is 0 Å². The minimum absolute atomic E-state index is 0.0465. The molecule has 2 nitrogen and oxygen atoms in total. The molecule has 0 saturated heterocycles. The van der Waals surface area contributed by atoms with Gasteiger partial charge in [-0.15, -0.1) is 11.3 Å². The molecule has 0 atom stereocenters. The van der Waals surface area contributed by atoms with Gasteiger partial charge in [0, 0.05) is 16.6 Å². The van der Waals surface area contributed by atoms with Gasteiger partial charge in [-0.25, -0.2) is 0 Å². The van der Waals surface area contributed by atoms with Crippen molar-refractivity contribution < 1.29 is 4.79 Å². The lowest BCUT2D eigenvalue weighted by Gasteiger charge is -2.04. The van der Waals surface area contributed by atoms with Crippen LogP contribution in [0.3, 0.4) is 0 Å². The summed E-state index contributed by atoms with van der Waals surface area (Å²) in [6, 6.07) is 7.86. The number of carbonyl (C=O) groups is 1. The molecule has 0 unspecified atom stereocenters. The van der Waals surface area contributed by atoms with E-state index in [2.05, 4.69) is 12.2 Å². The fourth-order valence-electron chi connectivity index (χ4n) is 2.35. The third-order valence-corrected chi connectivity index (χ3v) is 5.23. The van der Waals surface area contributed by atoms with Gasteiger partial charge in [0.1, 0.15) is 4.88 Å². The van der Waals surface area contributed by atoms with Gasteiger partial charge in [0.05, 0.1) is 5.02 Å². The van der Waals surface area contributed by atoms with E-state index < -0.39 is 0 Å². The Hall–Kier alpha value is -1.06. The number of benzene rings is 1. The average Bonchev–Trinajstić information content (AvgIpc) is 2.84. The van der Waals surface area contributed by atoms with Gasteiger partial charge in [-0.1, -0.05) is 68.8 Å². The molecule has 1 heterocycles. The van der Waals surface area contributed by atoms with Crippen molar-refractivity contribution in [2.24, 2.45) is 0 Å². The van der Waals surface area contributed by atoms with E-state index in [0.717, 1.165) is 23.1 Å². The van der Waals surface area contributed by atoms with Gasteiger partial charge in [-0.2, -0.15) is 0 Å². The number of rotatable bonds is 8. The third-order valence-electron chi connectivity index (χ3n) is 3.56. The number of nitrogens with one attached hydrogen (secondary N) is 1. The number of halogens is 1. The predicted octanol–water partition coefficient (Wildman–Crippen LogP) is 5.65. The molecule has 0 fully saturated rings. The topological polar surface area (TPSA) is 29.1 Å². The Kier molecular flexibility index (Phi) is 6.52. The first-order valence-electron chi connectivity index (χ1n) is 7.69. The first-order valence-corrected chi connectivity index (χ1v) is 8.88. The van der Waals surface area contributed by atoms with Gasteiger partial charge in [-0.05, 0) is 12.5 Å². The molecule has 1 aromatic heterocycles. The van der Waals surface area contributed by atoms with Crippen LogP contribution in [0, 0.1) is 0 Å². The monoisotopic (exact) mass is 323 g/mol. The molecule has 0 saturated carbocycles. The zero-order valence-corrected chi connectivity index (χ0v) is 14.0. The van der Waals surface area contributed by atoms with E-state index in [4.69, 9.17) is 11.6 Å². The van der Waals surface area contributed by atoms with Crippen LogP contribution in [0.15, 0.2) is 24.3 Å². The zero-order valence-electron chi connectivity index (χ0n) is 12.5. The second-order valence-electron chi connectivity index (χ2n) is 5.26. The number of carbonyl (C=O) groups excluding carboxylic acids is 1. The lowest BCUT2D eigenvalue weighted by molar-refractivity contribution is 0.0957. The Morgan fingerprint density at radius 3 is 2.62 bits per heavy atom. The summed E-state index contributed by atoms with van der Waals surface area (Å²) in [5.74, 6) is -0.0465. The first kappa shape index (κ1) is 16.3. The highest BCUT2D eigenvalue weighted by molar-refractivity contribution is 7.21. The molecular weight excluding hydrogens is 302 g/mol. The maximum Gasteiger partial charge on any atom is 0.262 e. The summed E-state index contributed by atoms with van der Waals surface area (Å²) in [5, 5.41) is 4.52. The van der Waals surface area contributed by atoms with E-state index in [1.165, 1.54) is 43.4 Å². The van der Waals surface area contributed by atoms with E-state index in [-0.39, 0.29) is 5.91 Å². The smallest absolute Gasteiger partial charge is 0.262 e. The molecule has 1 amide bonds. The van der Waals surface area contributed by atoms with E-state index in [9.17, 15) is 4.79 Å². The molecule has 114 valence electrons. The summed E-state index contributed by atoms with van der Waals surface area (Å²) >= 11 is 7.76. The summed E-state index contributed by atoms with van der Waals surface area (Å²) in [7, 11) is 0. The van der Waals surface area contributed by atoms with Crippen LogP contribution in [0.5, 0.6) is 0 Å². The Morgan fingerprint density at radius 2 is 1.86 bits per heavy atom. The van der Waals surface area contributed by atoms with Gasteiger partial charge in [-0.3, -0.25) is 4.79 Å². The van der Waals surface area contributed by atoms with Crippen molar-refractivity contribution in [1.82, 2.24) is 5.32 Å². The number of fused-ring (bicyclic) bond motifs is 1. The summed E-state index contributed by atoms with van der Waals surface area (Å²) in [4.78, 5) is 12.8. The largest absolute Gasteiger partial charge is 0.351 e. The maximum absolute atomic E-state index is 12.2. The van der Waals surface area contributed by atoms with Crippen LogP contribution in [0.2, 0.25) is 5.02 Å². The lowest BCUT2D eigenvalue weighted by Crippen LogP contribution is -2.23. The molecule has 0 aliphatic carbocycles. The van der Waals surface area contributed by atoms with Crippen molar-refractivity contribution >= 4 is 38.9 Å². The number of amides is 1. The molecule has 1 N–H and O–H groups in total. The van der Waals surface area contributed by atoms with Crippen molar-refractivity contribution in [2.75, 3.05) is 6.54 Å². The molecule has 2 rings (SSSR count). The van der Waals surface area contributed by atoms with Gasteiger partial charge in [0.25, 0.3) is 5.91 Å². The quantitative estimate of drug-likeness (QED) is 0.625. The van der Waals surface area contributed by atoms with Gasteiger partial charge >= 0.3 is 0 Å². The molecule has 21 heavy (non-hydrogen) atoms. The van der Waals surface area contributed by atoms with Crippen LogP contribution in [-0.2, 0) is 0 Å². The Balaban J connectivity index is 1.81. The van der Waals surface area contributed by atoms with Crippen LogP contribution >= 0.6 is 22.9 Å². The summed E-state index contributed by atoms with van der Waals surface area (Å²) in [5.41, 5.74) is 0. The molecule has 0 aliphatic rings. The minimum Gasteiger partial charge on any atom is -0.351 e. The van der Waals surface area contributed by atoms with Crippen molar-refractivity contribution in [3.63, 3.8) is 0 Å². The minimum atomic E-state index is -0.0465. The van der Waals surface area contributed by atoms with Gasteiger partial charge in [0.15, 0.2) is 0 Å². The standard InChI is InChI=1S/C17H22ClNOS/c1-2-3-4-5-6-9-12-19-17(20)16-15(18)13-10-7-8-11-14(13)21-16/h7-8,10-11H,2-6,9,12H2,1H3,(H,19,20). The predicted molar refractivity (Wildman–Crippen MR) is 92.5 cm³/mol. The first-order chi connectivity index (χ1) is 10.2. The molecule has 1 aromatic carbocycles. The highest BCUT2D eigenvalue weighted by atomic mass is 35.5. The van der Waals surface area contributed by atoms with Gasteiger partial charge in [0.2, 0.25) is 0 Å². The van der Waals surface area contributed by atoms with Crippen molar-refractivity contribution in [1.29, 1.82) is 0 Å². The van der Waals surface area contributed by atoms with E-state index in [1.54, 1.807) is 0 Å². The van der Waals surface area contributed by atoms with Gasteiger partial charge < -0.3 is 5.32 Å². The van der Waals surface area contributed by atoms with E-state index in [1.807, 2.05) is 24.3 Å². The molecule has 0 aliphatic heterocycles. The second-order valence-corrected chi connectivity index (χ2v) is 6.70. The number of unbranched alkanes of at least 4 members (excludes halogenated alkanes) is 5. The lowest BCUT2D eigenvalue weighted by atomic mass is 10.1.